The van der Waals surface area contributed by atoms with Crippen LogP contribution in [0.3, 0.4) is 0 Å². The maximum atomic E-state index is 12.8. The molecule has 5 aromatic heterocycles. The number of carbonyl (C=O) groups excluding carboxylic acids is 5. The molecular weight excluding hydrogens is 1350 g/mol. The van der Waals surface area contributed by atoms with Gasteiger partial charge in [-0.05, 0) is 123 Å². The Hall–Kier alpha value is -8.50. The van der Waals surface area contributed by atoms with Crippen molar-refractivity contribution in [3.05, 3.63) is 159 Å². The van der Waals surface area contributed by atoms with E-state index >= 15 is 0 Å². The van der Waals surface area contributed by atoms with Crippen molar-refractivity contribution in [2.45, 2.75) is 66.8 Å². The number of rotatable bonds is 8. The highest BCUT2D eigenvalue weighted by molar-refractivity contribution is 9.11. The van der Waals surface area contributed by atoms with Crippen LogP contribution in [0.4, 0.5) is 22.2 Å². The second kappa shape index (κ2) is 33.4. The molecule has 3 aliphatic heterocycles. The van der Waals surface area contributed by atoms with Gasteiger partial charge in [0.05, 0.1) is 13.4 Å². The van der Waals surface area contributed by atoms with Gasteiger partial charge >= 0.3 is 12.1 Å². The maximum Gasteiger partial charge on any atom is 0.408 e. The first-order valence-electron chi connectivity index (χ1n) is 24.9. The van der Waals surface area contributed by atoms with Crippen LogP contribution >= 0.6 is 60.2 Å². The number of carboxylic acids is 1. The minimum absolute atomic E-state index is 0. The van der Waals surface area contributed by atoms with E-state index in [-0.39, 0.29) is 83.6 Å². The van der Waals surface area contributed by atoms with Crippen LogP contribution in [0.25, 0.3) is 0 Å². The number of carbonyl (C=O) groups is 6. The number of pyridine rings is 5. The normalized spacial score (nSPS) is 15.3. The molecule has 0 unspecified atom stereocenters. The molecule has 0 saturated carbocycles. The number of ether oxygens (including phenoxy) is 6. The summed E-state index contributed by atoms with van der Waals surface area (Å²) in [5, 5.41) is 14.0. The molecule has 0 radical (unpaired) electrons. The van der Waals surface area contributed by atoms with Crippen molar-refractivity contribution in [3.8, 4) is 40.2 Å². The first kappa shape index (κ1) is 72.8. The summed E-state index contributed by atoms with van der Waals surface area (Å²) in [6, 6.07) is 27.3. The zero-order valence-corrected chi connectivity index (χ0v) is 51.2. The molecule has 5 N–H and O–H groups in total. The van der Waals surface area contributed by atoms with Gasteiger partial charge in [0.25, 0.3) is 17.7 Å². The molecule has 0 saturated heterocycles. The summed E-state index contributed by atoms with van der Waals surface area (Å²) < 4.78 is 35.3. The quantitative estimate of drug-likeness (QED) is 0.110. The van der Waals surface area contributed by atoms with Crippen LogP contribution in [0.5, 0.6) is 40.2 Å². The average molecular weight is 1410 g/mol. The Labute approximate surface area is 535 Å². The number of nitrogens with zero attached hydrogens (tertiary/aromatic N) is 8. The predicted molar refractivity (Wildman–Crippen MR) is 341 cm³/mol. The van der Waals surface area contributed by atoms with Crippen molar-refractivity contribution >= 4 is 113 Å². The molecule has 0 spiro atoms. The lowest BCUT2D eigenvalue weighted by Crippen LogP contribution is -2.50. The molecule has 3 atom stereocenters. The fourth-order valence-electron chi connectivity index (χ4n) is 7.44. The number of para-hydroxylation sites is 2. The van der Waals surface area contributed by atoms with E-state index in [2.05, 4.69) is 83.3 Å². The second-order valence-electron chi connectivity index (χ2n) is 18.7. The van der Waals surface area contributed by atoms with Crippen molar-refractivity contribution < 1.29 is 62.3 Å². The van der Waals surface area contributed by atoms with E-state index < -0.39 is 41.7 Å². The van der Waals surface area contributed by atoms with Gasteiger partial charge in [-0.2, -0.15) is 0 Å². The standard InChI is InChI=1S/C21H17BrN4O4.C14H18BrN3O4.C12H9NO3.C9H10BrN3O2.3CH4.ClH/c1-26-19-18(15(22)8-10-24-19)29-12-17(21(26)28)25-20(27)16-11-14(7-9-23-16)30-13-5-3-2-4-6-13;1-14(2,3)22-13(20)17-9-7-21-10-8(15)5-6-16-11(10)18(4)12(9)19;14-12(15)11-8-10(6-7-13-11)16-9-4-2-1-3-5-9;1-13-8-7(5(10)2-3-12-8)15-4-6(11)9(13)14;;;;/h2-11,17H,12H2,1H3,(H,25,27);5-6,9H,7H2,1-4H3,(H,17,20);1-8H,(H,14,15);2-3,6H,4,11H2,1H3;3*1H4;1H/t17-;9-;;6-;;;;/m00.0..../s1. The number of carboxylic acid groups (broad SMARTS) is 1. The number of aromatic nitrogens is 5. The fourth-order valence-corrected chi connectivity index (χ4v) is 8.67. The average Bonchev–Trinajstić information content (AvgIpc) is 2.30. The third-order valence-electron chi connectivity index (χ3n) is 11.4. The number of amides is 5. The summed E-state index contributed by atoms with van der Waals surface area (Å²) in [5.74, 6) is 2.50. The number of nitrogens with one attached hydrogen (secondary N) is 2. The number of hydrogen-bond acceptors (Lipinski definition) is 18. The van der Waals surface area contributed by atoms with E-state index in [1.54, 1.807) is 115 Å². The van der Waals surface area contributed by atoms with Gasteiger partial charge in [0.15, 0.2) is 40.4 Å². The number of anilines is 3. The molecule has 0 fully saturated rings. The van der Waals surface area contributed by atoms with Crippen molar-refractivity contribution in [2.75, 3.05) is 55.7 Å². The third-order valence-corrected chi connectivity index (χ3v) is 13.3. The molecule has 0 bridgehead atoms. The topological polar surface area (TPSA) is 302 Å². The minimum atomic E-state index is -1.07. The Morgan fingerprint density at radius 3 is 1.33 bits per heavy atom. The number of benzene rings is 2. The summed E-state index contributed by atoms with van der Waals surface area (Å²) in [7, 11) is 4.80. The SMILES string of the molecule is C.C.C.CN1C(=O)[C@@H](N)COc2c(Br)ccnc21.CN1C(=O)[C@@H](NC(=O)OC(C)(C)C)COc2c(Br)ccnc21.CN1C(=O)[C@@H](NC(=O)c2cc(Oc3ccccc3)ccn2)COc2c(Br)ccnc21.Cl.O=C(O)c1cc(Oc2ccccc2)ccn1. The largest absolute Gasteiger partial charge is 0.486 e. The lowest BCUT2D eigenvalue weighted by Gasteiger charge is -2.23. The lowest BCUT2D eigenvalue weighted by molar-refractivity contribution is -0.121. The van der Waals surface area contributed by atoms with E-state index in [0.29, 0.717) is 66.6 Å². The summed E-state index contributed by atoms with van der Waals surface area (Å²) in [6.07, 6.45) is 6.95. The number of hydrogen-bond donors (Lipinski definition) is 4. The van der Waals surface area contributed by atoms with Gasteiger partial charge in [-0.15, -0.1) is 12.4 Å². The summed E-state index contributed by atoms with van der Waals surface area (Å²) in [6.45, 7) is 5.38. The zero-order chi connectivity index (χ0) is 60.0. The molecule has 2 aromatic carbocycles. The molecule has 3 aliphatic rings. The maximum absolute atomic E-state index is 12.8. The molecular formula is C59H67Br3ClN11O13. The molecule has 5 amide bonds. The number of likely N-dealkylation sites (N-methyl/N-ethyl adjacent to an activating group) is 3. The lowest BCUT2D eigenvalue weighted by atomic mass is 10.2. The van der Waals surface area contributed by atoms with Crippen LogP contribution in [0.15, 0.2) is 148 Å². The number of nitrogens with two attached hydrogens (primary N) is 1. The Bertz CT molecular complexity index is 3490. The van der Waals surface area contributed by atoms with E-state index in [1.165, 1.54) is 39.2 Å². The van der Waals surface area contributed by atoms with Crippen molar-refractivity contribution in [3.63, 3.8) is 0 Å². The molecule has 8 heterocycles. The van der Waals surface area contributed by atoms with Gasteiger partial charge in [0.1, 0.15) is 72.2 Å². The van der Waals surface area contributed by atoms with Crippen molar-refractivity contribution in [1.29, 1.82) is 0 Å². The molecule has 464 valence electrons. The fraction of sp³-hybridized carbons (Fsp3) is 0.271. The minimum Gasteiger partial charge on any atom is -0.486 e. The van der Waals surface area contributed by atoms with Crippen LogP contribution in [0.1, 0.15) is 64.0 Å². The van der Waals surface area contributed by atoms with Gasteiger partial charge < -0.3 is 49.9 Å². The van der Waals surface area contributed by atoms with Crippen LogP contribution in [-0.2, 0) is 19.1 Å². The van der Waals surface area contributed by atoms with Gasteiger partial charge in [-0.1, -0.05) is 58.7 Å². The second-order valence-corrected chi connectivity index (χ2v) is 21.2. The van der Waals surface area contributed by atoms with Gasteiger partial charge in [-0.3, -0.25) is 38.9 Å². The predicted octanol–water partition coefficient (Wildman–Crippen LogP) is 10.7. The number of alkyl carbamates (subject to hydrolysis) is 1. The monoisotopic (exact) mass is 1410 g/mol. The molecule has 87 heavy (non-hydrogen) atoms. The number of fused-ring (bicyclic) bond motifs is 3. The van der Waals surface area contributed by atoms with Crippen LogP contribution in [-0.4, -0.2) is 130 Å². The molecule has 28 heteroatoms. The van der Waals surface area contributed by atoms with E-state index in [4.69, 9.17) is 39.3 Å². The summed E-state index contributed by atoms with van der Waals surface area (Å²) in [4.78, 5) is 96.6. The highest BCUT2D eigenvalue weighted by Crippen LogP contribution is 2.38. The number of aromatic carboxylic acids is 1. The van der Waals surface area contributed by atoms with E-state index in [9.17, 15) is 28.8 Å². The Balaban J connectivity index is 0.000000310. The smallest absolute Gasteiger partial charge is 0.408 e. The highest BCUT2D eigenvalue weighted by Gasteiger charge is 2.35. The Morgan fingerprint density at radius 2 is 0.920 bits per heavy atom. The van der Waals surface area contributed by atoms with Gasteiger partial charge in [-0.25, -0.2) is 29.5 Å². The number of halogens is 4. The highest BCUT2D eigenvalue weighted by atomic mass is 79.9. The third kappa shape index (κ3) is 19.8. The Kier molecular flexibility index (Phi) is 27.9. The van der Waals surface area contributed by atoms with E-state index in [1.807, 2.05) is 36.4 Å². The first-order valence-corrected chi connectivity index (χ1v) is 27.3. The molecule has 24 nitrogen and oxygen atoms in total. The van der Waals surface area contributed by atoms with E-state index in [0.717, 1.165) is 4.47 Å². The Morgan fingerprint density at radius 1 is 0.552 bits per heavy atom. The van der Waals surface area contributed by atoms with Gasteiger partial charge in [0.2, 0.25) is 5.91 Å². The van der Waals surface area contributed by atoms with Crippen LogP contribution in [0, 0.1) is 0 Å². The molecule has 7 aromatic rings. The van der Waals surface area contributed by atoms with Crippen molar-refractivity contribution in [1.82, 2.24) is 35.6 Å². The summed E-state index contributed by atoms with van der Waals surface area (Å²) in [5.41, 5.74) is 5.09. The van der Waals surface area contributed by atoms with Crippen LogP contribution in [0.2, 0.25) is 0 Å². The zero-order valence-electron chi connectivity index (χ0n) is 45.6. The van der Waals surface area contributed by atoms with Crippen molar-refractivity contribution in [2.24, 2.45) is 5.73 Å². The van der Waals surface area contributed by atoms with Gasteiger partial charge in [0, 0.05) is 64.3 Å². The molecule has 10 rings (SSSR count). The first-order chi connectivity index (χ1) is 39.6. The summed E-state index contributed by atoms with van der Waals surface area (Å²) >= 11 is 10.1. The molecule has 0 aliphatic carbocycles. The van der Waals surface area contributed by atoms with Crippen LogP contribution < -0.4 is 54.8 Å².